The minimum absolute atomic E-state index is 0.00616. The van der Waals surface area contributed by atoms with Crippen molar-refractivity contribution in [3.63, 3.8) is 0 Å². The van der Waals surface area contributed by atoms with Crippen LogP contribution in [0, 0.1) is 10.1 Å². The van der Waals surface area contributed by atoms with Crippen LogP contribution in [-0.4, -0.2) is 28.0 Å². The average Bonchev–Trinajstić information content (AvgIpc) is 2.42. The van der Waals surface area contributed by atoms with Crippen molar-refractivity contribution in [3.05, 3.63) is 33.3 Å². The van der Waals surface area contributed by atoms with Crippen molar-refractivity contribution in [1.82, 2.24) is 4.90 Å². The second kappa shape index (κ2) is 6.16. The minimum atomic E-state index is -0.453. The lowest BCUT2D eigenvalue weighted by Gasteiger charge is -2.29. The molecule has 7 heteroatoms. The molecule has 1 N–H and O–H groups in total. The van der Waals surface area contributed by atoms with Crippen LogP contribution >= 0.6 is 23.8 Å². The van der Waals surface area contributed by atoms with E-state index in [9.17, 15) is 10.1 Å². The second-order valence-electron chi connectivity index (χ2n) is 4.40. The fourth-order valence-electron chi connectivity index (χ4n) is 2.01. The Kier molecular flexibility index (Phi) is 4.55. The lowest BCUT2D eigenvalue weighted by Crippen LogP contribution is -2.38. The van der Waals surface area contributed by atoms with Gasteiger partial charge in [-0.25, -0.2) is 0 Å². The van der Waals surface area contributed by atoms with Crippen LogP contribution in [0.1, 0.15) is 19.3 Å². The summed E-state index contributed by atoms with van der Waals surface area (Å²) < 4.78 is 0. The predicted octanol–water partition coefficient (Wildman–Crippen LogP) is 3.43. The summed E-state index contributed by atoms with van der Waals surface area (Å²) in [7, 11) is 0. The van der Waals surface area contributed by atoms with Crippen LogP contribution in [0.4, 0.5) is 11.4 Å². The van der Waals surface area contributed by atoms with Gasteiger partial charge >= 0.3 is 0 Å². The zero-order chi connectivity index (χ0) is 13.8. The Morgan fingerprint density at radius 1 is 1.37 bits per heavy atom. The molecule has 0 aromatic heterocycles. The molecule has 1 aliphatic heterocycles. The number of nitrogens with one attached hydrogen (secondary N) is 1. The number of benzene rings is 1. The molecule has 0 radical (unpaired) electrons. The third kappa shape index (κ3) is 3.54. The van der Waals surface area contributed by atoms with Crippen LogP contribution in [0.25, 0.3) is 0 Å². The maximum Gasteiger partial charge on any atom is 0.271 e. The van der Waals surface area contributed by atoms with Gasteiger partial charge in [-0.05, 0) is 37.5 Å². The molecule has 0 aliphatic carbocycles. The van der Waals surface area contributed by atoms with E-state index >= 15 is 0 Å². The van der Waals surface area contributed by atoms with E-state index in [-0.39, 0.29) is 5.69 Å². The highest BCUT2D eigenvalue weighted by molar-refractivity contribution is 7.80. The van der Waals surface area contributed by atoms with Crippen molar-refractivity contribution in [2.75, 3.05) is 18.4 Å². The van der Waals surface area contributed by atoms with Crippen molar-refractivity contribution >= 4 is 40.3 Å². The molecule has 2 rings (SSSR count). The van der Waals surface area contributed by atoms with Crippen LogP contribution in [0.15, 0.2) is 18.2 Å². The molecule has 1 fully saturated rings. The molecule has 1 aliphatic rings. The van der Waals surface area contributed by atoms with Crippen molar-refractivity contribution in [2.24, 2.45) is 0 Å². The first-order valence-electron chi connectivity index (χ1n) is 6.08. The van der Waals surface area contributed by atoms with Crippen LogP contribution in [0.2, 0.25) is 5.02 Å². The summed E-state index contributed by atoms with van der Waals surface area (Å²) in [5, 5.41) is 14.7. The minimum Gasteiger partial charge on any atom is -0.349 e. The van der Waals surface area contributed by atoms with E-state index in [0.717, 1.165) is 25.9 Å². The van der Waals surface area contributed by atoms with Gasteiger partial charge < -0.3 is 10.2 Å². The third-order valence-electron chi connectivity index (χ3n) is 3.05. The second-order valence-corrected chi connectivity index (χ2v) is 5.19. The third-order valence-corrected chi connectivity index (χ3v) is 3.74. The number of thiocarbonyl (C=S) groups is 1. The van der Waals surface area contributed by atoms with Crippen molar-refractivity contribution in [1.29, 1.82) is 0 Å². The lowest BCUT2D eigenvalue weighted by atomic mass is 10.1. The average molecular weight is 300 g/mol. The van der Waals surface area contributed by atoms with Crippen LogP contribution < -0.4 is 5.32 Å². The number of hydrogen-bond donors (Lipinski definition) is 1. The largest absolute Gasteiger partial charge is 0.349 e. The number of nitro groups is 1. The molecule has 5 nitrogen and oxygen atoms in total. The van der Waals surface area contributed by atoms with E-state index in [0.29, 0.717) is 15.8 Å². The molecule has 0 atom stereocenters. The Hall–Kier alpha value is -1.40. The van der Waals surface area contributed by atoms with Crippen molar-refractivity contribution < 1.29 is 4.92 Å². The smallest absolute Gasteiger partial charge is 0.271 e. The molecule has 1 saturated heterocycles. The van der Waals surface area contributed by atoms with Gasteiger partial charge in [-0.1, -0.05) is 11.6 Å². The first-order valence-corrected chi connectivity index (χ1v) is 6.86. The van der Waals surface area contributed by atoms with E-state index in [1.165, 1.54) is 24.6 Å². The van der Waals surface area contributed by atoms with Gasteiger partial charge in [0.25, 0.3) is 5.69 Å². The normalized spacial score (nSPS) is 15.1. The highest BCUT2D eigenvalue weighted by Crippen LogP contribution is 2.27. The van der Waals surface area contributed by atoms with Gasteiger partial charge in [0.2, 0.25) is 0 Å². The van der Waals surface area contributed by atoms with E-state index in [2.05, 4.69) is 10.2 Å². The Morgan fingerprint density at radius 2 is 2.05 bits per heavy atom. The van der Waals surface area contributed by atoms with Crippen LogP contribution in [0.5, 0.6) is 0 Å². The maximum absolute atomic E-state index is 10.7. The molecule has 1 aromatic rings. The van der Waals surface area contributed by atoms with Crippen LogP contribution in [0.3, 0.4) is 0 Å². The first-order chi connectivity index (χ1) is 9.08. The number of non-ortho nitro benzene ring substituents is 1. The van der Waals surface area contributed by atoms with E-state index in [1.54, 1.807) is 0 Å². The molecule has 0 spiro atoms. The summed E-state index contributed by atoms with van der Waals surface area (Å²) in [6.45, 7) is 1.83. The summed E-state index contributed by atoms with van der Waals surface area (Å²) >= 11 is 11.3. The molecular formula is C12H14ClN3O2S. The summed E-state index contributed by atoms with van der Waals surface area (Å²) in [4.78, 5) is 12.4. The first kappa shape index (κ1) is 14.0. The van der Waals surface area contributed by atoms with Gasteiger partial charge in [0.05, 0.1) is 15.6 Å². The SMILES string of the molecule is O=[N+]([O-])c1ccc(Cl)c(NC(=S)N2CCCCC2)c1. The van der Waals surface area contributed by atoms with Crippen LogP contribution in [-0.2, 0) is 0 Å². The zero-order valence-corrected chi connectivity index (χ0v) is 11.8. The van der Waals surface area contributed by atoms with Gasteiger partial charge in [-0.15, -0.1) is 0 Å². The van der Waals surface area contributed by atoms with Gasteiger partial charge in [-0.2, -0.15) is 0 Å². The Morgan fingerprint density at radius 3 is 2.68 bits per heavy atom. The highest BCUT2D eigenvalue weighted by Gasteiger charge is 2.16. The number of piperidine rings is 1. The van der Waals surface area contributed by atoms with E-state index < -0.39 is 4.92 Å². The monoisotopic (exact) mass is 299 g/mol. The number of nitrogens with zero attached hydrogens (tertiary/aromatic N) is 2. The quantitative estimate of drug-likeness (QED) is 0.515. The van der Waals surface area contributed by atoms with Gasteiger partial charge in [0, 0.05) is 25.2 Å². The fraction of sp³-hybridized carbons (Fsp3) is 0.417. The Labute approximate surface area is 121 Å². The summed E-state index contributed by atoms with van der Waals surface area (Å²) in [5.74, 6) is 0. The Balaban J connectivity index is 2.11. The summed E-state index contributed by atoms with van der Waals surface area (Å²) in [5.41, 5.74) is 0.472. The molecule has 1 aromatic carbocycles. The highest BCUT2D eigenvalue weighted by atomic mass is 35.5. The van der Waals surface area contributed by atoms with Gasteiger partial charge in [0.15, 0.2) is 5.11 Å². The number of nitro benzene ring substituents is 1. The number of likely N-dealkylation sites (tertiary alicyclic amines) is 1. The van der Waals surface area contributed by atoms with Crippen molar-refractivity contribution in [3.8, 4) is 0 Å². The van der Waals surface area contributed by atoms with Crippen molar-refractivity contribution in [2.45, 2.75) is 19.3 Å². The Bertz CT molecular complexity index is 504. The lowest BCUT2D eigenvalue weighted by molar-refractivity contribution is -0.384. The van der Waals surface area contributed by atoms with Gasteiger partial charge in [0.1, 0.15) is 0 Å². The number of halogens is 1. The molecule has 0 amide bonds. The topological polar surface area (TPSA) is 58.4 Å². The maximum atomic E-state index is 10.7. The standard InChI is InChI=1S/C12H14ClN3O2S/c13-10-5-4-9(16(17)18)8-11(10)14-12(19)15-6-2-1-3-7-15/h4-5,8H,1-3,6-7H2,(H,14,19). The van der Waals surface area contributed by atoms with Gasteiger partial charge in [-0.3, -0.25) is 10.1 Å². The predicted molar refractivity (Wildman–Crippen MR) is 79.8 cm³/mol. The molecule has 19 heavy (non-hydrogen) atoms. The van der Waals surface area contributed by atoms with E-state index in [4.69, 9.17) is 23.8 Å². The molecule has 1 heterocycles. The zero-order valence-electron chi connectivity index (χ0n) is 10.3. The molecule has 0 saturated carbocycles. The molecule has 0 bridgehead atoms. The molecular weight excluding hydrogens is 286 g/mol. The molecule has 102 valence electrons. The summed E-state index contributed by atoms with van der Waals surface area (Å²) in [6, 6.07) is 4.27. The number of rotatable bonds is 2. The summed E-state index contributed by atoms with van der Waals surface area (Å²) in [6.07, 6.45) is 3.45. The fourth-order valence-corrected chi connectivity index (χ4v) is 2.47. The number of anilines is 1. The van der Waals surface area contributed by atoms with E-state index in [1.807, 2.05) is 0 Å². The number of hydrogen-bond acceptors (Lipinski definition) is 3. The molecule has 0 unspecified atom stereocenters.